The summed E-state index contributed by atoms with van der Waals surface area (Å²) in [5.41, 5.74) is -0.964. The number of nitrogens with zero attached hydrogens (tertiary/aromatic N) is 3. The van der Waals surface area contributed by atoms with Crippen LogP contribution in [0.15, 0.2) is 24.3 Å². The van der Waals surface area contributed by atoms with Gasteiger partial charge in [-0.2, -0.15) is 9.71 Å². The third-order valence-electron chi connectivity index (χ3n) is 2.65. The van der Waals surface area contributed by atoms with Crippen LogP contribution in [0, 0.1) is 10.1 Å². The summed E-state index contributed by atoms with van der Waals surface area (Å²) in [6, 6.07) is 5.49. The molecule has 21 heavy (non-hydrogen) atoms. The molecule has 0 fully saturated rings. The smallest absolute Gasteiger partial charge is 0.364 e. The van der Waals surface area contributed by atoms with E-state index in [1.165, 1.54) is 24.3 Å². The second-order valence-electron chi connectivity index (χ2n) is 3.91. The Balaban J connectivity index is 2.60. The van der Waals surface area contributed by atoms with Crippen LogP contribution in [-0.4, -0.2) is 37.5 Å². The van der Waals surface area contributed by atoms with Gasteiger partial charge in [-0.15, -0.1) is 0 Å². The monoisotopic (exact) mass is 293 g/mol. The number of aromatic nitrogens is 2. The van der Waals surface area contributed by atoms with Crippen LogP contribution in [0.25, 0.3) is 11.4 Å². The Kier molecular flexibility index (Phi) is 3.74. The second-order valence-corrected chi connectivity index (χ2v) is 3.91. The van der Waals surface area contributed by atoms with Gasteiger partial charge in [0.25, 0.3) is 5.69 Å². The molecule has 0 amide bonds. The first-order valence-electron chi connectivity index (χ1n) is 5.89. The zero-order chi connectivity index (χ0) is 15.6. The van der Waals surface area contributed by atoms with Crippen LogP contribution in [0.5, 0.6) is 5.88 Å². The van der Waals surface area contributed by atoms with Crippen molar-refractivity contribution in [2.24, 2.45) is 0 Å². The molecule has 0 bridgehead atoms. The van der Waals surface area contributed by atoms with Crippen LogP contribution in [0.3, 0.4) is 0 Å². The molecular weight excluding hydrogens is 282 g/mol. The van der Waals surface area contributed by atoms with Crippen molar-refractivity contribution in [3.8, 4) is 17.3 Å². The molecule has 0 saturated heterocycles. The van der Waals surface area contributed by atoms with Gasteiger partial charge in [0.05, 0.1) is 17.1 Å². The number of nitro groups is 1. The summed E-state index contributed by atoms with van der Waals surface area (Å²) in [5, 5.41) is 30.5. The topological polar surface area (TPSA) is 128 Å². The third kappa shape index (κ3) is 2.48. The van der Waals surface area contributed by atoms with E-state index in [4.69, 9.17) is 0 Å². The van der Waals surface area contributed by atoms with E-state index in [9.17, 15) is 25.2 Å². The number of rotatable bonds is 4. The molecule has 0 radical (unpaired) electrons. The summed E-state index contributed by atoms with van der Waals surface area (Å²) in [5.74, 6) is -2.10. The van der Waals surface area contributed by atoms with E-state index in [2.05, 4.69) is 9.72 Å². The van der Waals surface area contributed by atoms with Crippen LogP contribution in [0.2, 0.25) is 0 Å². The first-order chi connectivity index (χ1) is 9.97. The Morgan fingerprint density at radius 3 is 2.76 bits per heavy atom. The van der Waals surface area contributed by atoms with E-state index >= 15 is 0 Å². The fraction of sp³-hybridized carbons (Fsp3) is 0.167. The fourth-order valence-electron chi connectivity index (χ4n) is 1.77. The van der Waals surface area contributed by atoms with Crippen molar-refractivity contribution < 1.29 is 24.8 Å². The highest BCUT2D eigenvalue weighted by molar-refractivity contribution is 5.91. The second kappa shape index (κ2) is 5.49. The molecular formula is C12H11N3O6. The SMILES string of the molecule is CCOC(=O)c1c(O)nc(-c2ccccc2[N+](=O)[O-])n1O. The van der Waals surface area contributed by atoms with Gasteiger partial charge in [0.1, 0.15) is 0 Å². The Bertz CT molecular complexity index is 709. The van der Waals surface area contributed by atoms with Crippen molar-refractivity contribution in [3.63, 3.8) is 0 Å². The number of aromatic hydroxyl groups is 1. The Hall–Kier alpha value is -3.10. The number of para-hydroxylation sites is 1. The van der Waals surface area contributed by atoms with Gasteiger partial charge in [-0.1, -0.05) is 12.1 Å². The van der Waals surface area contributed by atoms with Gasteiger partial charge in [0.2, 0.25) is 11.6 Å². The molecule has 9 nitrogen and oxygen atoms in total. The normalized spacial score (nSPS) is 10.3. The molecule has 0 unspecified atom stereocenters. The van der Waals surface area contributed by atoms with Gasteiger partial charge in [-0.25, -0.2) is 4.79 Å². The highest BCUT2D eigenvalue weighted by Gasteiger charge is 2.28. The molecule has 1 aromatic heterocycles. The molecule has 0 aliphatic heterocycles. The molecule has 110 valence electrons. The summed E-state index contributed by atoms with van der Waals surface area (Å²) in [4.78, 5) is 25.5. The zero-order valence-corrected chi connectivity index (χ0v) is 10.9. The molecule has 2 rings (SSSR count). The Morgan fingerprint density at radius 2 is 2.14 bits per heavy atom. The zero-order valence-electron chi connectivity index (χ0n) is 10.9. The summed E-state index contributed by atoms with van der Waals surface area (Å²) in [6.07, 6.45) is 0. The van der Waals surface area contributed by atoms with E-state index in [-0.39, 0.29) is 28.4 Å². The van der Waals surface area contributed by atoms with E-state index < -0.39 is 22.5 Å². The average Bonchev–Trinajstić information content (AvgIpc) is 2.74. The number of nitro benzene ring substituents is 1. The molecule has 9 heteroatoms. The first kappa shape index (κ1) is 14.3. The number of imidazole rings is 1. The fourth-order valence-corrected chi connectivity index (χ4v) is 1.77. The molecule has 0 atom stereocenters. The predicted molar refractivity (Wildman–Crippen MR) is 69.1 cm³/mol. The van der Waals surface area contributed by atoms with Gasteiger partial charge < -0.3 is 15.1 Å². The lowest BCUT2D eigenvalue weighted by Crippen LogP contribution is -2.11. The van der Waals surface area contributed by atoms with Gasteiger partial charge >= 0.3 is 5.97 Å². The lowest BCUT2D eigenvalue weighted by atomic mass is 10.2. The summed E-state index contributed by atoms with van der Waals surface area (Å²) < 4.78 is 4.94. The lowest BCUT2D eigenvalue weighted by Gasteiger charge is -2.04. The quantitative estimate of drug-likeness (QED) is 0.379. The third-order valence-corrected chi connectivity index (χ3v) is 2.65. The van der Waals surface area contributed by atoms with Crippen molar-refractivity contribution in [3.05, 3.63) is 40.1 Å². The highest BCUT2D eigenvalue weighted by atomic mass is 16.6. The number of hydrogen-bond donors (Lipinski definition) is 2. The van der Waals surface area contributed by atoms with Gasteiger partial charge in [0.15, 0.2) is 5.82 Å². The van der Waals surface area contributed by atoms with E-state index in [1.807, 2.05) is 0 Å². The van der Waals surface area contributed by atoms with Gasteiger partial charge in [-0.05, 0) is 13.0 Å². The summed E-state index contributed by atoms with van der Waals surface area (Å²) in [7, 11) is 0. The minimum atomic E-state index is -0.991. The Labute approximate surface area is 118 Å². The maximum Gasteiger partial charge on any atom is 0.364 e. The van der Waals surface area contributed by atoms with Crippen LogP contribution in [0.4, 0.5) is 5.69 Å². The largest absolute Gasteiger partial charge is 0.491 e. The standard InChI is InChI=1S/C12H11N3O6/c1-2-21-12(17)9-11(16)13-10(14(9)18)7-5-3-4-6-8(7)15(19)20/h3-6,16,18H,2H2,1H3. The van der Waals surface area contributed by atoms with Crippen molar-refractivity contribution >= 4 is 11.7 Å². The maximum atomic E-state index is 11.6. The number of ether oxygens (including phenoxy) is 1. The molecule has 2 aromatic rings. The number of hydrogen-bond acceptors (Lipinski definition) is 7. The van der Waals surface area contributed by atoms with E-state index in [1.54, 1.807) is 6.92 Å². The van der Waals surface area contributed by atoms with Crippen molar-refractivity contribution in [2.75, 3.05) is 6.61 Å². The molecule has 1 aromatic carbocycles. The highest BCUT2D eigenvalue weighted by Crippen LogP contribution is 2.31. The maximum absolute atomic E-state index is 11.6. The first-order valence-corrected chi connectivity index (χ1v) is 5.89. The van der Waals surface area contributed by atoms with Crippen molar-refractivity contribution in [1.82, 2.24) is 9.71 Å². The number of carbonyl (C=O) groups is 1. The van der Waals surface area contributed by atoms with E-state index in [0.29, 0.717) is 0 Å². The van der Waals surface area contributed by atoms with Crippen molar-refractivity contribution in [2.45, 2.75) is 6.92 Å². The molecule has 2 N–H and O–H groups in total. The van der Waals surface area contributed by atoms with E-state index in [0.717, 1.165) is 0 Å². The van der Waals surface area contributed by atoms with Crippen LogP contribution in [0.1, 0.15) is 17.4 Å². The van der Waals surface area contributed by atoms with Crippen LogP contribution >= 0.6 is 0 Å². The molecule has 0 aliphatic carbocycles. The van der Waals surface area contributed by atoms with Gasteiger partial charge in [-0.3, -0.25) is 10.1 Å². The minimum absolute atomic E-state index is 0.0320. The Morgan fingerprint density at radius 1 is 1.48 bits per heavy atom. The predicted octanol–water partition coefficient (Wildman–Crippen LogP) is 1.58. The van der Waals surface area contributed by atoms with Gasteiger partial charge in [0, 0.05) is 6.07 Å². The average molecular weight is 293 g/mol. The van der Waals surface area contributed by atoms with Crippen LogP contribution in [-0.2, 0) is 4.74 Å². The molecule has 0 saturated carbocycles. The molecule has 0 aliphatic rings. The number of benzene rings is 1. The number of carbonyl (C=O) groups excluding carboxylic acids is 1. The molecule has 0 spiro atoms. The lowest BCUT2D eigenvalue weighted by molar-refractivity contribution is -0.384. The summed E-state index contributed by atoms with van der Waals surface area (Å²) in [6.45, 7) is 1.58. The van der Waals surface area contributed by atoms with Crippen LogP contribution < -0.4 is 0 Å². The van der Waals surface area contributed by atoms with Crippen molar-refractivity contribution in [1.29, 1.82) is 0 Å². The minimum Gasteiger partial charge on any atom is -0.491 e. The summed E-state index contributed by atoms with van der Waals surface area (Å²) >= 11 is 0. The molecule has 1 heterocycles. The number of esters is 1.